The molecule has 5 heterocycles. The molecular weight excluding hydrogens is 512 g/mol. The number of pyridine rings is 2. The van der Waals surface area contributed by atoms with Gasteiger partial charge in [0, 0.05) is 63.7 Å². The fourth-order valence-electron chi connectivity index (χ4n) is 5.59. The number of likely N-dealkylation sites (N-methyl/N-ethyl adjacent to an activating group) is 2. The van der Waals surface area contributed by atoms with Gasteiger partial charge in [0.25, 0.3) is 5.91 Å². The molecule has 2 N–H and O–H groups in total. The lowest BCUT2D eigenvalue weighted by Gasteiger charge is -2.30. The molecule has 12 nitrogen and oxygen atoms in total. The standard InChI is InChI=1S/C28H34N8O4/c1-30-21-7-9-35(16-21)23-12-25(31-14-20(23)13-29)33-28(39)36-8-3-5-18-11-19(22(17-37)32-26(18)36)15-34(2)27(38)24-6-4-10-40-24/h11-12,14,17,21,24,30H,3-10,15-16H2,1-2H3,(H,31,33,39)/t21-,24-/m1/s1. The number of hydrogen-bond acceptors (Lipinski definition) is 9. The minimum atomic E-state index is -0.444. The van der Waals surface area contributed by atoms with Gasteiger partial charge in [-0.2, -0.15) is 5.26 Å². The van der Waals surface area contributed by atoms with Crippen LogP contribution in [-0.4, -0.2) is 85.6 Å². The quantitative estimate of drug-likeness (QED) is 0.499. The van der Waals surface area contributed by atoms with E-state index in [1.54, 1.807) is 18.0 Å². The Balaban J connectivity index is 1.34. The number of aryl methyl sites for hydroxylation is 1. The van der Waals surface area contributed by atoms with Crippen LogP contribution in [0.4, 0.5) is 22.1 Å². The predicted octanol–water partition coefficient (Wildman–Crippen LogP) is 2.08. The van der Waals surface area contributed by atoms with Crippen molar-refractivity contribution in [3.8, 4) is 6.07 Å². The molecule has 0 spiro atoms. The molecule has 12 heteroatoms. The van der Waals surface area contributed by atoms with Crippen molar-refractivity contribution in [2.45, 2.75) is 50.8 Å². The number of nitriles is 1. The summed E-state index contributed by atoms with van der Waals surface area (Å²) < 4.78 is 5.51. The average molecular weight is 547 g/mol. The van der Waals surface area contributed by atoms with Crippen molar-refractivity contribution >= 4 is 35.5 Å². The lowest BCUT2D eigenvalue weighted by molar-refractivity contribution is -0.140. The molecule has 0 saturated carbocycles. The highest BCUT2D eigenvalue weighted by Gasteiger charge is 2.30. The van der Waals surface area contributed by atoms with Crippen molar-refractivity contribution in [2.24, 2.45) is 0 Å². The summed E-state index contributed by atoms with van der Waals surface area (Å²) in [7, 11) is 3.61. The first kappa shape index (κ1) is 27.5. The first-order valence-electron chi connectivity index (χ1n) is 13.7. The van der Waals surface area contributed by atoms with E-state index in [4.69, 9.17) is 4.74 Å². The number of hydrogen-bond donors (Lipinski definition) is 2. The SMILES string of the molecule is CN[C@@H]1CCN(c2cc(NC(=O)N3CCCc4cc(CN(C)C(=O)[C@H]5CCCO5)c(C=O)nc43)ncc2C#N)C1. The monoisotopic (exact) mass is 546 g/mol. The third-order valence-electron chi connectivity index (χ3n) is 7.79. The van der Waals surface area contributed by atoms with Gasteiger partial charge < -0.3 is 19.9 Å². The fraction of sp³-hybridized carbons (Fsp3) is 0.500. The maximum Gasteiger partial charge on any atom is 0.328 e. The lowest BCUT2D eigenvalue weighted by Crippen LogP contribution is -2.40. The first-order chi connectivity index (χ1) is 19.4. The molecule has 3 aliphatic heterocycles. The summed E-state index contributed by atoms with van der Waals surface area (Å²) in [4.78, 5) is 52.2. The van der Waals surface area contributed by atoms with Crippen LogP contribution in [0, 0.1) is 11.3 Å². The summed E-state index contributed by atoms with van der Waals surface area (Å²) in [5.74, 6) is 0.645. The van der Waals surface area contributed by atoms with E-state index >= 15 is 0 Å². The summed E-state index contributed by atoms with van der Waals surface area (Å²) in [5.41, 5.74) is 2.85. The number of carbonyl (C=O) groups excluding carboxylic acids is 3. The van der Waals surface area contributed by atoms with Crippen LogP contribution >= 0.6 is 0 Å². The maximum absolute atomic E-state index is 13.4. The van der Waals surface area contributed by atoms with Gasteiger partial charge in [0.1, 0.15) is 29.5 Å². The second-order valence-electron chi connectivity index (χ2n) is 10.4. The summed E-state index contributed by atoms with van der Waals surface area (Å²) in [6, 6.07) is 5.71. The highest BCUT2D eigenvalue weighted by atomic mass is 16.5. The smallest absolute Gasteiger partial charge is 0.328 e. The average Bonchev–Trinajstić information content (AvgIpc) is 3.69. The molecule has 40 heavy (non-hydrogen) atoms. The Morgan fingerprint density at radius 3 is 2.83 bits per heavy atom. The minimum absolute atomic E-state index is 0.113. The van der Waals surface area contributed by atoms with Crippen LogP contribution in [0.2, 0.25) is 0 Å². The zero-order valence-electron chi connectivity index (χ0n) is 22.9. The topological polar surface area (TPSA) is 144 Å². The number of aromatic nitrogens is 2. The van der Waals surface area contributed by atoms with Crippen LogP contribution in [0.15, 0.2) is 18.3 Å². The molecule has 0 aromatic carbocycles. The number of fused-ring (bicyclic) bond motifs is 1. The highest BCUT2D eigenvalue weighted by molar-refractivity contribution is 6.02. The number of carbonyl (C=O) groups is 3. The van der Waals surface area contributed by atoms with Crippen LogP contribution in [-0.2, 0) is 22.5 Å². The molecule has 0 unspecified atom stereocenters. The molecule has 0 radical (unpaired) electrons. The number of rotatable bonds is 7. The van der Waals surface area contributed by atoms with Crippen molar-refractivity contribution in [2.75, 3.05) is 55.5 Å². The van der Waals surface area contributed by atoms with Crippen LogP contribution in [0.1, 0.15) is 52.9 Å². The van der Waals surface area contributed by atoms with Crippen molar-refractivity contribution in [1.29, 1.82) is 5.26 Å². The fourth-order valence-corrected chi connectivity index (χ4v) is 5.59. The molecule has 5 rings (SSSR count). The Morgan fingerprint density at radius 2 is 2.12 bits per heavy atom. The van der Waals surface area contributed by atoms with Crippen LogP contribution in [0.3, 0.4) is 0 Å². The minimum Gasteiger partial charge on any atom is -0.369 e. The van der Waals surface area contributed by atoms with Gasteiger partial charge in [0.15, 0.2) is 6.29 Å². The third-order valence-corrected chi connectivity index (χ3v) is 7.79. The summed E-state index contributed by atoms with van der Waals surface area (Å²) in [6.45, 7) is 2.79. The summed E-state index contributed by atoms with van der Waals surface area (Å²) in [5, 5.41) is 15.7. The Labute approximate surface area is 233 Å². The van der Waals surface area contributed by atoms with E-state index in [1.807, 2.05) is 13.1 Å². The van der Waals surface area contributed by atoms with E-state index in [-0.39, 0.29) is 18.1 Å². The van der Waals surface area contributed by atoms with Crippen molar-refractivity contribution in [1.82, 2.24) is 20.2 Å². The maximum atomic E-state index is 13.4. The molecule has 3 amide bonds. The zero-order chi connectivity index (χ0) is 28.2. The van der Waals surface area contributed by atoms with Gasteiger partial charge in [0.2, 0.25) is 0 Å². The highest BCUT2D eigenvalue weighted by Crippen LogP contribution is 2.30. The van der Waals surface area contributed by atoms with E-state index in [1.165, 1.54) is 11.1 Å². The lowest BCUT2D eigenvalue weighted by atomic mass is 10.0. The van der Waals surface area contributed by atoms with Gasteiger partial charge in [0.05, 0.1) is 11.3 Å². The number of aldehydes is 1. The van der Waals surface area contributed by atoms with E-state index in [9.17, 15) is 19.6 Å². The molecule has 2 fully saturated rings. The normalized spacial score (nSPS) is 20.1. The van der Waals surface area contributed by atoms with Crippen molar-refractivity contribution in [3.05, 3.63) is 40.7 Å². The largest absolute Gasteiger partial charge is 0.369 e. The van der Waals surface area contributed by atoms with Gasteiger partial charge in [-0.1, -0.05) is 0 Å². The number of urea groups is 1. The molecule has 2 atom stereocenters. The number of nitrogens with one attached hydrogen (secondary N) is 2. The van der Waals surface area contributed by atoms with E-state index < -0.39 is 12.1 Å². The Morgan fingerprint density at radius 1 is 1.27 bits per heavy atom. The first-order valence-corrected chi connectivity index (χ1v) is 13.7. The van der Waals surface area contributed by atoms with Gasteiger partial charge in [-0.25, -0.2) is 14.8 Å². The number of anilines is 3. The molecule has 2 saturated heterocycles. The number of amides is 3. The number of nitrogens with zero attached hydrogens (tertiary/aromatic N) is 6. The van der Waals surface area contributed by atoms with Gasteiger partial charge >= 0.3 is 6.03 Å². The molecule has 3 aliphatic rings. The van der Waals surface area contributed by atoms with Gasteiger partial charge in [-0.05, 0) is 50.8 Å². The van der Waals surface area contributed by atoms with E-state index in [2.05, 4.69) is 31.6 Å². The molecular formula is C28H34N8O4. The van der Waals surface area contributed by atoms with Gasteiger partial charge in [-0.3, -0.25) is 19.8 Å². The Bertz CT molecular complexity index is 1340. The van der Waals surface area contributed by atoms with Gasteiger partial charge in [-0.15, -0.1) is 0 Å². The molecule has 0 bridgehead atoms. The predicted molar refractivity (Wildman–Crippen MR) is 148 cm³/mol. The summed E-state index contributed by atoms with van der Waals surface area (Å²) in [6.07, 6.45) is 5.62. The van der Waals surface area contributed by atoms with Crippen molar-refractivity contribution in [3.63, 3.8) is 0 Å². The second-order valence-corrected chi connectivity index (χ2v) is 10.4. The molecule has 2 aromatic rings. The molecule has 0 aliphatic carbocycles. The van der Waals surface area contributed by atoms with Crippen molar-refractivity contribution < 1.29 is 19.1 Å². The van der Waals surface area contributed by atoms with Crippen LogP contribution in [0.25, 0.3) is 0 Å². The zero-order valence-corrected chi connectivity index (χ0v) is 22.9. The van der Waals surface area contributed by atoms with E-state index in [0.717, 1.165) is 43.6 Å². The number of ether oxygens (including phenoxy) is 1. The summed E-state index contributed by atoms with van der Waals surface area (Å²) >= 11 is 0. The third kappa shape index (κ3) is 5.61. The van der Waals surface area contributed by atoms with E-state index in [0.29, 0.717) is 61.1 Å². The Hall–Kier alpha value is -4.08. The van der Waals surface area contributed by atoms with Crippen LogP contribution in [0.5, 0.6) is 0 Å². The molecule has 210 valence electrons. The van der Waals surface area contributed by atoms with Crippen LogP contribution < -0.4 is 20.4 Å². The molecule has 2 aromatic heterocycles. The second kappa shape index (κ2) is 12.0. The Kier molecular flexibility index (Phi) is 8.23.